The van der Waals surface area contributed by atoms with Gasteiger partial charge in [-0.3, -0.25) is 4.79 Å². The number of carbonyl (C=O) groups excluding carboxylic acids is 2. The molecule has 128 valence electrons. The van der Waals surface area contributed by atoms with Crippen molar-refractivity contribution in [3.05, 3.63) is 74.9 Å². The van der Waals surface area contributed by atoms with E-state index < -0.39 is 6.04 Å². The van der Waals surface area contributed by atoms with Crippen molar-refractivity contribution >= 4 is 45.2 Å². The Morgan fingerprint density at radius 2 is 1.84 bits per heavy atom. The predicted molar refractivity (Wildman–Crippen MR) is 101 cm³/mol. The van der Waals surface area contributed by atoms with Crippen LogP contribution in [0.1, 0.15) is 18.5 Å². The molecular formula is C18H15BrClN3O2. The highest BCUT2D eigenvalue weighted by Gasteiger charge is 2.32. The van der Waals surface area contributed by atoms with Crippen LogP contribution in [0.5, 0.6) is 0 Å². The van der Waals surface area contributed by atoms with Crippen LogP contribution < -0.4 is 16.0 Å². The lowest BCUT2D eigenvalue weighted by molar-refractivity contribution is -0.113. The Kier molecular flexibility index (Phi) is 5.11. The fourth-order valence-electron chi connectivity index (χ4n) is 2.67. The average Bonchev–Trinajstić information content (AvgIpc) is 2.56. The van der Waals surface area contributed by atoms with Gasteiger partial charge in [0.15, 0.2) is 0 Å². The van der Waals surface area contributed by atoms with Gasteiger partial charge in [0.1, 0.15) is 0 Å². The number of anilines is 1. The Labute approximate surface area is 158 Å². The molecular weight excluding hydrogens is 406 g/mol. The normalized spacial score (nSPS) is 16.9. The summed E-state index contributed by atoms with van der Waals surface area (Å²) in [5.74, 6) is -0.298. The van der Waals surface area contributed by atoms with E-state index in [1.54, 1.807) is 31.2 Å². The maximum Gasteiger partial charge on any atom is 0.319 e. The molecule has 7 heteroatoms. The summed E-state index contributed by atoms with van der Waals surface area (Å²) in [7, 11) is 0. The fraction of sp³-hybridized carbons (Fsp3) is 0.111. The standard InChI is InChI=1S/C18H15BrClN3O2/c1-10-15(17(24)22-12-8-6-11(20)7-9-12)16(23-18(25)21-10)13-4-2-3-5-14(13)19/h2-9,16H,1H3,(H,22,24)(H2,21,23,25). The zero-order chi connectivity index (χ0) is 18.0. The van der Waals surface area contributed by atoms with E-state index in [2.05, 4.69) is 31.9 Å². The third-order valence-electron chi connectivity index (χ3n) is 3.83. The van der Waals surface area contributed by atoms with Crippen molar-refractivity contribution in [1.29, 1.82) is 0 Å². The topological polar surface area (TPSA) is 70.2 Å². The van der Waals surface area contributed by atoms with Crippen LogP contribution in [-0.2, 0) is 4.79 Å². The van der Waals surface area contributed by atoms with E-state index in [4.69, 9.17) is 11.6 Å². The van der Waals surface area contributed by atoms with Gasteiger partial charge in [0.05, 0.1) is 11.6 Å². The SMILES string of the molecule is CC1=C(C(=O)Nc2ccc(Cl)cc2)C(c2ccccc2Br)NC(=O)N1. The summed E-state index contributed by atoms with van der Waals surface area (Å²) >= 11 is 9.35. The van der Waals surface area contributed by atoms with Crippen LogP contribution in [-0.4, -0.2) is 11.9 Å². The number of halogens is 2. The molecule has 0 radical (unpaired) electrons. The average molecular weight is 421 g/mol. The van der Waals surface area contributed by atoms with E-state index in [-0.39, 0.29) is 11.9 Å². The van der Waals surface area contributed by atoms with Gasteiger partial charge in [-0.05, 0) is 42.8 Å². The second-order valence-corrected chi connectivity index (χ2v) is 6.84. The van der Waals surface area contributed by atoms with E-state index in [9.17, 15) is 9.59 Å². The molecule has 0 saturated heterocycles. The van der Waals surface area contributed by atoms with E-state index in [1.807, 2.05) is 24.3 Å². The first-order valence-electron chi connectivity index (χ1n) is 7.55. The number of hydrogen-bond donors (Lipinski definition) is 3. The molecule has 0 fully saturated rings. The van der Waals surface area contributed by atoms with Crippen molar-refractivity contribution in [3.8, 4) is 0 Å². The van der Waals surface area contributed by atoms with Gasteiger partial charge in [0.2, 0.25) is 0 Å². The van der Waals surface area contributed by atoms with Crippen molar-refractivity contribution in [3.63, 3.8) is 0 Å². The molecule has 3 rings (SSSR count). The number of urea groups is 1. The minimum Gasteiger partial charge on any atom is -0.327 e. The Hall–Kier alpha value is -2.31. The molecule has 1 atom stereocenters. The maximum absolute atomic E-state index is 12.9. The lowest BCUT2D eigenvalue weighted by Gasteiger charge is -2.29. The fourth-order valence-corrected chi connectivity index (χ4v) is 3.31. The zero-order valence-corrected chi connectivity index (χ0v) is 15.6. The van der Waals surface area contributed by atoms with Gasteiger partial charge in [0.25, 0.3) is 5.91 Å². The van der Waals surface area contributed by atoms with Crippen molar-refractivity contribution in [1.82, 2.24) is 10.6 Å². The molecule has 1 aliphatic heterocycles. The number of carbonyl (C=O) groups is 2. The summed E-state index contributed by atoms with van der Waals surface area (Å²) in [6.45, 7) is 1.71. The molecule has 1 aliphatic rings. The molecule has 3 N–H and O–H groups in total. The molecule has 0 aliphatic carbocycles. The van der Waals surface area contributed by atoms with Crippen LogP contribution >= 0.6 is 27.5 Å². The molecule has 2 aromatic rings. The van der Waals surface area contributed by atoms with E-state index >= 15 is 0 Å². The van der Waals surface area contributed by atoms with Gasteiger partial charge in [-0.1, -0.05) is 45.7 Å². The van der Waals surface area contributed by atoms with Crippen LogP contribution in [0.2, 0.25) is 5.02 Å². The zero-order valence-electron chi connectivity index (χ0n) is 13.3. The van der Waals surface area contributed by atoms with Gasteiger partial charge >= 0.3 is 6.03 Å². The third kappa shape index (κ3) is 3.86. The largest absolute Gasteiger partial charge is 0.327 e. The predicted octanol–water partition coefficient (Wildman–Crippen LogP) is 4.37. The second-order valence-electron chi connectivity index (χ2n) is 5.55. The first-order valence-corrected chi connectivity index (χ1v) is 8.72. The quantitative estimate of drug-likeness (QED) is 0.690. The molecule has 0 spiro atoms. The van der Waals surface area contributed by atoms with Gasteiger partial charge in [0, 0.05) is 20.9 Å². The lowest BCUT2D eigenvalue weighted by Crippen LogP contribution is -2.46. The number of benzene rings is 2. The van der Waals surface area contributed by atoms with Gasteiger partial charge < -0.3 is 16.0 Å². The van der Waals surface area contributed by atoms with Crippen molar-refractivity contribution in [2.24, 2.45) is 0 Å². The molecule has 5 nitrogen and oxygen atoms in total. The molecule has 3 amide bonds. The molecule has 1 heterocycles. The highest BCUT2D eigenvalue weighted by atomic mass is 79.9. The summed E-state index contributed by atoms with van der Waals surface area (Å²) in [6, 6.07) is 13.4. The van der Waals surface area contributed by atoms with Crippen molar-refractivity contribution in [2.45, 2.75) is 13.0 Å². The second kappa shape index (κ2) is 7.29. The summed E-state index contributed by atoms with van der Waals surface area (Å²) in [4.78, 5) is 24.8. The number of amides is 3. The molecule has 0 aromatic heterocycles. The lowest BCUT2D eigenvalue weighted by atomic mass is 9.95. The smallest absolute Gasteiger partial charge is 0.319 e. The molecule has 1 unspecified atom stereocenters. The minimum absolute atomic E-state index is 0.298. The summed E-state index contributed by atoms with van der Waals surface area (Å²) < 4.78 is 0.812. The molecule has 0 bridgehead atoms. The van der Waals surface area contributed by atoms with Gasteiger partial charge in [-0.25, -0.2) is 4.79 Å². The van der Waals surface area contributed by atoms with Crippen LogP contribution in [0.25, 0.3) is 0 Å². The Bertz CT molecular complexity index is 865. The van der Waals surface area contributed by atoms with Crippen molar-refractivity contribution in [2.75, 3.05) is 5.32 Å². The molecule has 2 aromatic carbocycles. The number of rotatable bonds is 3. The van der Waals surface area contributed by atoms with E-state index in [0.717, 1.165) is 10.0 Å². The maximum atomic E-state index is 12.9. The minimum atomic E-state index is -0.559. The van der Waals surface area contributed by atoms with Crippen molar-refractivity contribution < 1.29 is 9.59 Å². The van der Waals surface area contributed by atoms with Crippen LogP contribution in [0.4, 0.5) is 10.5 Å². The first-order chi connectivity index (χ1) is 12.0. The van der Waals surface area contributed by atoms with Crippen LogP contribution in [0, 0.1) is 0 Å². The molecule has 25 heavy (non-hydrogen) atoms. The Morgan fingerprint density at radius 1 is 1.16 bits per heavy atom. The number of nitrogens with one attached hydrogen (secondary N) is 3. The third-order valence-corrected chi connectivity index (χ3v) is 4.81. The summed E-state index contributed by atoms with van der Waals surface area (Å²) in [5, 5.41) is 8.90. The first kappa shape index (κ1) is 17.5. The summed E-state index contributed by atoms with van der Waals surface area (Å²) in [5.41, 5.74) is 2.38. The van der Waals surface area contributed by atoms with Gasteiger partial charge in [-0.2, -0.15) is 0 Å². The highest BCUT2D eigenvalue weighted by molar-refractivity contribution is 9.10. The number of hydrogen-bond acceptors (Lipinski definition) is 2. The Balaban J connectivity index is 1.96. The van der Waals surface area contributed by atoms with E-state index in [1.165, 1.54) is 0 Å². The Morgan fingerprint density at radius 3 is 2.52 bits per heavy atom. The van der Waals surface area contributed by atoms with Crippen LogP contribution in [0.15, 0.2) is 64.3 Å². The van der Waals surface area contributed by atoms with E-state index in [0.29, 0.717) is 22.0 Å². The monoisotopic (exact) mass is 419 g/mol. The highest BCUT2D eigenvalue weighted by Crippen LogP contribution is 2.32. The molecule has 0 saturated carbocycles. The van der Waals surface area contributed by atoms with Gasteiger partial charge in [-0.15, -0.1) is 0 Å². The number of allylic oxidation sites excluding steroid dienone is 1. The summed E-state index contributed by atoms with van der Waals surface area (Å²) in [6.07, 6.45) is 0. The van der Waals surface area contributed by atoms with Crippen LogP contribution in [0.3, 0.4) is 0 Å².